The molecule has 8 heteroatoms. The molecule has 0 radical (unpaired) electrons. The summed E-state index contributed by atoms with van der Waals surface area (Å²) in [7, 11) is 0. The molecule has 1 aliphatic carbocycles. The Hall–Kier alpha value is -3.55. The molecule has 3 aromatic heterocycles. The third kappa shape index (κ3) is 5.67. The van der Waals surface area contributed by atoms with Crippen molar-refractivity contribution in [3.8, 4) is 22.5 Å². The van der Waals surface area contributed by atoms with Crippen LogP contribution in [0.25, 0.3) is 22.5 Å². The van der Waals surface area contributed by atoms with Gasteiger partial charge in [-0.05, 0) is 66.2 Å². The van der Waals surface area contributed by atoms with Crippen LogP contribution in [0.3, 0.4) is 0 Å². The molecule has 212 valence electrons. The van der Waals surface area contributed by atoms with Crippen LogP contribution in [0.2, 0.25) is 0 Å². The summed E-state index contributed by atoms with van der Waals surface area (Å²) in [5.41, 5.74) is 4.97. The maximum Gasteiger partial charge on any atom is 0.328 e. The van der Waals surface area contributed by atoms with E-state index >= 15 is 0 Å². The van der Waals surface area contributed by atoms with E-state index in [-0.39, 0.29) is 11.7 Å². The number of tetrazole rings is 1. The van der Waals surface area contributed by atoms with Gasteiger partial charge in [0.2, 0.25) is 5.82 Å². The molecule has 1 N–H and O–H groups in total. The van der Waals surface area contributed by atoms with E-state index in [1.54, 1.807) is 0 Å². The Kier molecular flexibility index (Phi) is 8.62. The number of pyridine rings is 1. The van der Waals surface area contributed by atoms with E-state index in [1.807, 2.05) is 41.1 Å². The van der Waals surface area contributed by atoms with Crippen molar-refractivity contribution in [2.45, 2.75) is 85.7 Å². The Bertz CT molecular complexity index is 1420. The predicted octanol–water partition coefficient (Wildman–Crippen LogP) is 6.55. The Morgan fingerprint density at radius 2 is 1.73 bits per heavy atom. The van der Waals surface area contributed by atoms with Crippen LogP contribution in [0.1, 0.15) is 84.2 Å². The number of hydrogen-bond acceptors (Lipinski definition) is 5. The molecule has 2 unspecified atom stereocenters. The van der Waals surface area contributed by atoms with Crippen molar-refractivity contribution in [3.05, 3.63) is 70.7 Å². The molecule has 5 rings (SSSR count). The summed E-state index contributed by atoms with van der Waals surface area (Å²) in [4.78, 5) is 18.9. The van der Waals surface area contributed by atoms with Gasteiger partial charge in [-0.15, -0.1) is 10.2 Å². The van der Waals surface area contributed by atoms with Gasteiger partial charge in [-0.2, -0.15) is 5.21 Å². The number of hydrogen-bond donors (Lipinski definition) is 1. The van der Waals surface area contributed by atoms with E-state index in [0.29, 0.717) is 36.0 Å². The van der Waals surface area contributed by atoms with Gasteiger partial charge in [0.1, 0.15) is 0 Å². The maximum absolute atomic E-state index is 14.1. The first kappa shape index (κ1) is 28.0. The molecule has 0 saturated heterocycles. The van der Waals surface area contributed by atoms with E-state index < -0.39 is 0 Å². The minimum Gasteiger partial charge on any atom is -0.295 e. The van der Waals surface area contributed by atoms with Gasteiger partial charge in [-0.1, -0.05) is 77.8 Å². The van der Waals surface area contributed by atoms with Crippen molar-refractivity contribution < 1.29 is 0 Å². The molecule has 1 aromatic carbocycles. The normalized spacial score (nSPS) is 19.5. The quantitative estimate of drug-likeness (QED) is 0.246. The third-order valence-corrected chi connectivity index (χ3v) is 8.83. The number of nitrogens with zero attached hydrogens (tertiary/aromatic N) is 6. The van der Waals surface area contributed by atoms with Gasteiger partial charge in [-0.25, -0.2) is 4.79 Å². The van der Waals surface area contributed by atoms with Crippen LogP contribution in [-0.2, 0) is 13.0 Å². The monoisotopic (exact) mass is 541 g/mol. The lowest BCUT2D eigenvalue weighted by Gasteiger charge is -2.42. The standard InChI is InChI=1S/C32H43N7O/c1-6-7-11-25-20-39(30-26(21(2)3)14-10-15-27(30)22(4)5)32(40)38(25)19-24-17-16-23(18-33-24)28-12-8-9-13-29(28)31-34-36-37-35-31/h8-9,12-13,16-18,20-22,26-27,30H,6-7,10-11,14-15,19H2,1-5H3,(H,34,35,36,37). The number of aryl methyl sites for hydroxylation is 1. The lowest BCUT2D eigenvalue weighted by atomic mass is 9.68. The maximum atomic E-state index is 14.1. The average molecular weight is 542 g/mol. The van der Waals surface area contributed by atoms with Gasteiger partial charge in [0, 0.05) is 35.3 Å². The largest absolute Gasteiger partial charge is 0.328 e. The van der Waals surface area contributed by atoms with E-state index in [4.69, 9.17) is 4.98 Å². The molecule has 3 heterocycles. The number of unbranched alkanes of at least 4 members (excludes halogenated alkanes) is 1. The van der Waals surface area contributed by atoms with Crippen LogP contribution in [0.4, 0.5) is 0 Å². The fourth-order valence-electron chi connectivity index (χ4n) is 6.65. The van der Waals surface area contributed by atoms with Crippen LogP contribution in [0.15, 0.2) is 53.6 Å². The summed E-state index contributed by atoms with van der Waals surface area (Å²) in [6.45, 7) is 12.0. The lowest BCUT2D eigenvalue weighted by Crippen LogP contribution is -2.41. The van der Waals surface area contributed by atoms with Crippen LogP contribution in [0.5, 0.6) is 0 Å². The smallest absolute Gasteiger partial charge is 0.295 e. The van der Waals surface area contributed by atoms with Crippen molar-refractivity contribution in [1.29, 1.82) is 0 Å². The molecule has 1 fully saturated rings. The van der Waals surface area contributed by atoms with E-state index in [2.05, 4.69) is 72.1 Å². The zero-order valence-electron chi connectivity index (χ0n) is 24.5. The SMILES string of the molecule is CCCCc1cn(C2C(C(C)C)CCCC2C(C)C)c(=O)n1Cc1ccc(-c2ccccc2-c2nn[nH]n2)cn1. The summed E-state index contributed by atoms with van der Waals surface area (Å²) >= 11 is 0. The highest BCUT2D eigenvalue weighted by atomic mass is 16.1. The average Bonchev–Trinajstić information content (AvgIpc) is 3.61. The third-order valence-electron chi connectivity index (χ3n) is 8.83. The number of imidazole rings is 1. The fraction of sp³-hybridized carbons (Fsp3) is 0.531. The molecule has 4 aromatic rings. The first-order valence-corrected chi connectivity index (χ1v) is 15.0. The summed E-state index contributed by atoms with van der Waals surface area (Å²) in [5.74, 6) is 2.68. The number of nitrogens with one attached hydrogen (secondary N) is 1. The zero-order chi connectivity index (χ0) is 28.2. The highest BCUT2D eigenvalue weighted by Gasteiger charge is 2.39. The highest BCUT2D eigenvalue weighted by Crippen LogP contribution is 2.45. The molecular weight excluding hydrogens is 498 g/mol. The fourth-order valence-corrected chi connectivity index (χ4v) is 6.65. The van der Waals surface area contributed by atoms with E-state index in [9.17, 15) is 4.79 Å². The van der Waals surface area contributed by atoms with Crippen molar-refractivity contribution in [1.82, 2.24) is 34.7 Å². The molecule has 1 saturated carbocycles. The molecular formula is C32H43N7O. The van der Waals surface area contributed by atoms with Gasteiger partial charge in [0.05, 0.1) is 12.2 Å². The Labute approximate surface area is 237 Å². The number of benzene rings is 1. The second kappa shape index (κ2) is 12.3. The first-order valence-electron chi connectivity index (χ1n) is 15.0. The number of rotatable bonds is 10. The minimum atomic E-state index is 0.114. The van der Waals surface area contributed by atoms with Gasteiger partial charge < -0.3 is 0 Å². The van der Waals surface area contributed by atoms with Gasteiger partial charge in [0.25, 0.3) is 0 Å². The summed E-state index contributed by atoms with van der Waals surface area (Å²) < 4.78 is 4.10. The van der Waals surface area contributed by atoms with E-state index in [0.717, 1.165) is 47.3 Å². The Balaban J connectivity index is 1.48. The zero-order valence-corrected chi connectivity index (χ0v) is 24.5. The van der Waals surface area contributed by atoms with Gasteiger partial charge in [-0.3, -0.25) is 14.1 Å². The van der Waals surface area contributed by atoms with Crippen molar-refractivity contribution in [2.75, 3.05) is 0 Å². The van der Waals surface area contributed by atoms with Crippen LogP contribution >= 0.6 is 0 Å². The molecule has 1 aliphatic rings. The topological polar surface area (TPSA) is 94.3 Å². The summed E-state index contributed by atoms with van der Waals surface area (Å²) in [6, 6.07) is 12.3. The number of aromatic amines is 1. The van der Waals surface area contributed by atoms with Crippen LogP contribution < -0.4 is 5.69 Å². The number of aromatic nitrogens is 7. The second-order valence-corrected chi connectivity index (χ2v) is 12.1. The van der Waals surface area contributed by atoms with Gasteiger partial charge >= 0.3 is 5.69 Å². The van der Waals surface area contributed by atoms with Crippen molar-refractivity contribution in [3.63, 3.8) is 0 Å². The van der Waals surface area contributed by atoms with E-state index in [1.165, 1.54) is 19.3 Å². The molecule has 0 spiro atoms. The second-order valence-electron chi connectivity index (χ2n) is 12.1. The van der Waals surface area contributed by atoms with Gasteiger partial charge in [0.15, 0.2) is 0 Å². The number of H-pyrrole nitrogens is 1. The molecule has 8 nitrogen and oxygen atoms in total. The predicted molar refractivity (Wildman–Crippen MR) is 159 cm³/mol. The molecule has 0 aliphatic heterocycles. The highest BCUT2D eigenvalue weighted by molar-refractivity contribution is 5.79. The summed E-state index contributed by atoms with van der Waals surface area (Å²) in [5, 5.41) is 14.6. The van der Waals surface area contributed by atoms with Crippen molar-refractivity contribution >= 4 is 0 Å². The first-order chi connectivity index (χ1) is 19.4. The Morgan fingerprint density at radius 3 is 2.33 bits per heavy atom. The molecule has 40 heavy (non-hydrogen) atoms. The minimum absolute atomic E-state index is 0.114. The van der Waals surface area contributed by atoms with Crippen LogP contribution in [-0.4, -0.2) is 34.7 Å². The van der Waals surface area contributed by atoms with Crippen LogP contribution in [0, 0.1) is 23.7 Å². The Morgan fingerprint density at radius 1 is 1.00 bits per heavy atom. The summed E-state index contributed by atoms with van der Waals surface area (Å²) in [6.07, 6.45) is 10.8. The lowest BCUT2D eigenvalue weighted by molar-refractivity contribution is 0.0873. The molecule has 2 atom stereocenters. The van der Waals surface area contributed by atoms with Crippen molar-refractivity contribution in [2.24, 2.45) is 23.7 Å². The molecule has 0 bridgehead atoms. The molecule has 0 amide bonds.